The summed E-state index contributed by atoms with van der Waals surface area (Å²) in [7, 11) is -0.280. The van der Waals surface area contributed by atoms with Crippen LogP contribution in [-0.4, -0.2) is 45.1 Å². The number of aromatic nitrogens is 4. The topological polar surface area (TPSA) is 88.1 Å². The molecular weight excluding hydrogens is 401 g/mol. The van der Waals surface area contributed by atoms with Crippen LogP contribution in [0.4, 0.5) is 0 Å². The number of tetrazole rings is 1. The molecule has 8 heteroatoms. The fourth-order valence-electron chi connectivity index (χ4n) is 5.85. The van der Waals surface area contributed by atoms with E-state index in [2.05, 4.69) is 61.4 Å². The number of nitrogens with zero attached hydrogens (tertiary/aromatic N) is 4. The van der Waals surface area contributed by atoms with Gasteiger partial charge < -0.3 is 15.0 Å². The smallest absolute Gasteiger partial charge is 0.399 e. The van der Waals surface area contributed by atoms with E-state index in [0.29, 0.717) is 24.4 Å². The minimum Gasteiger partial charge on any atom is -0.399 e. The van der Waals surface area contributed by atoms with Crippen LogP contribution in [0.2, 0.25) is 0 Å². The molecule has 0 bridgehead atoms. The molecule has 1 aromatic carbocycles. The summed E-state index contributed by atoms with van der Waals surface area (Å²) in [6, 6.07) is 6.95. The summed E-state index contributed by atoms with van der Waals surface area (Å²) in [6.45, 7) is 9.71. The average Bonchev–Trinajstić information content (AvgIpc) is 3.39. The predicted molar refractivity (Wildman–Crippen MR) is 125 cm³/mol. The Bertz CT molecular complexity index is 965. The van der Waals surface area contributed by atoms with E-state index in [0.717, 1.165) is 24.1 Å². The van der Waals surface area contributed by atoms with E-state index >= 15 is 0 Å². The number of hydrogen-bond acceptors (Lipinski definition) is 6. The monoisotopic (exact) mass is 437 g/mol. The van der Waals surface area contributed by atoms with Crippen LogP contribution in [0.1, 0.15) is 76.8 Å². The zero-order chi connectivity index (χ0) is 22.6. The SMILES string of the molecule is CC1(C)OB(c2ccc3c(c2)CCC32CCC(Cc3nnnn3CCN)CC2)OC1(C)C. The molecule has 172 valence electrons. The summed E-state index contributed by atoms with van der Waals surface area (Å²) < 4.78 is 14.4. The van der Waals surface area contributed by atoms with Crippen LogP contribution in [0.3, 0.4) is 0 Å². The van der Waals surface area contributed by atoms with Crippen molar-refractivity contribution in [1.82, 2.24) is 20.2 Å². The van der Waals surface area contributed by atoms with Gasteiger partial charge >= 0.3 is 7.12 Å². The van der Waals surface area contributed by atoms with Crippen LogP contribution in [0, 0.1) is 5.92 Å². The van der Waals surface area contributed by atoms with Crippen LogP contribution in [-0.2, 0) is 34.1 Å². The van der Waals surface area contributed by atoms with Crippen molar-refractivity contribution in [3.8, 4) is 0 Å². The molecule has 0 unspecified atom stereocenters. The molecule has 0 amide bonds. The lowest BCUT2D eigenvalue weighted by atomic mass is 9.66. The van der Waals surface area contributed by atoms with Gasteiger partial charge in [-0.2, -0.15) is 0 Å². The zero-order valence-corrected chi connectivity index (χ0v) is 19.9. The van der Waals surface area contributed by atoms with Crippen LogP contribution >= 0.6 is 0 Å². The van der Waals surface area contributed by atoms with Crippen LogP contribution < -0.4 is 11.2 Å². The maximum Gasteiger partial charge on any atom is 0.494 e. The number of hydrogen-bond donors (Lipinski definition) is 1. The summed E-state index contributed by atoms with van der Waals surface area (Å²) in [5, 5.41) is 12.2. The second kappa shape index (κ2) is 7.92. The minimum atomic E-state index is -0.305. The summed E-state index contributed by atoms with van der Waals surface area (Å²) in [5.41, 5.74) is 9.62. The van der Waals surface area contributed by atoms with Gasteiger partial charge in [-0.25, -0.2) is 4.68 Å². The third kappa shape index (κ3) is 3.70. The highest BCUT2D eigenvalue weighted by Gasteiger charge is 2.52. The molecule has 1 saturated carbocycles. The van der Waals surface area contributed by atoms with Gasteiger partial charge in [0.05, 0.1) is 17.7 Å². The fraction of sp³-hybridized carbons (Fsp3) is 0.708. The van der Waals surface area contributed by atoms with Crippen molar-refractivity contribution in [3.05, 3.63) is 35.2 Å². The molecule has 2 aliphatic carbocycles. The molecule has 7 nitrogen and oxygen atoms in total. The maximum atomic E-state index is 6.29. The summed E-state index contributed by atoms with van der Waals surface area (Å²) >= 11 is 0. The van der Waals surface area contributed by atoms with Gasteiger partial charge in [-0.05, 0) is 105 Å². The normalized spacial score (nSPS) is 28.4. The Morgan fingerprint density at radius 2 is 1.81 bits per heavy atom. The lowest BCUT2D eigenvalue weighted by molar-refractivity contribution is 0.00578. The Morgan fingerprint density at radius 1 is 1.09 bits per heavy atom. The largest absolute Gasteiger partial charge is 0.494 e. The van der Waals surface area contributed by atoms with Crippen molar-refractivity contribution >= 4 is 12.6 Å². The molecule has 1 saturated heterocycles. The third-order valence-electron chi connectivity index (χ3n) is 8.58. The standard InChI is InChI=1S/C24H36BN5O2/c1-22(2)23(3,4)32-25(31-22)19-5-6-20-18(16-19)9-12-24(20)10-7-17(8-11-24)15-21-27-28-29-30(21)14-13-26/h5-6,16-17H,7-15,26H2,1-4H3. The van der Waals surface area contributed by atoms with Gasteiger partial charge in [0.1, 0.15) is 0 Å². The molecule has 0 radical (unpaired) electrons. The molecule has 2 aromatic rings. The van der Waals surface area contributed by atoms with Gasteiger partial charge in [0.15, 0.2) is 5.82 Å². The van der Waals surface area contributed by atoms with E-state index in [-0.39, 0.29) is 18.3 Å². The van der Waals surface area contributed by atoms with Gasteiger partial charge in [-0.15, -0.1) is 5.10 Å². The van der Waals surface area contributed by atoms with Gasteiger partial charge in [0, 0.05) is 13.0 Å². The first-order valence-electron chi connectivity index (χ1n) is 12.2. The van der Waals surface area contributed by atoms with E-state index in [1.807, 2.05) is 4.68 Å². The predicted octanol–water partition coefficient (Wildman–Crippen LogP) is 2.55. The summed E-state index contributed by atoms with van der Waals surface area (Å²) in [4.78, 5) is 0. The first-order chi connectivity index (χ1) is 15.2. The van der Waals surface area contributed by atoms with Crippen molar-refractivity contribution in [2.24, 2.45) is 11.7 Å². The Balaban J connectivity index is 1.27. The molecule has 1 aliphatic heterocycles. The Hall–Kier alpha value is -1.77. The highest BCUT2D eigenvalue weighted by atomic mass is 16.7. The summed E-state index contributed by atoms with van der Waals surface area (Å²) in [6.07, 6.45) is 8.32. The molecule has 1 aromatic heterocycles. The Morgan fingerprint density at radius 3 is 2.50 bits per heavy atom. The van der Waals surface area contributed by atoms with Gasteiger partial charge in [-0.1, -0.05) is 18.2 Å². The van der Waals surface area contributed by atoms with Crippen LogP contribution in [0.15, 0.2) is 18.2 Å². The number of nitrogens with two attached hydrogens (primary N) is 1. The first-order valence-corrected chi connectivity index (χ1v) is 12.2. The molecule has 2 heterocycles. The van der Waals surface area contributed by atoms with E-state index in [4.69, 9.17) is 15.0 Å². The van der Waals surface area contributed by atoms with Crippen molar-refractivity contribution in [3.63, 3.8) is 0 Å². The number of benzene rings is 1. The highest BCUT2D eigenvalue weighted by Crippen LogP contribution is 2.50. The molecule has 0 atom stereocenters. The summed E-state index contributed by atoms with van der Waals surface area (Å²) in [5.74, 6) is 1.63. The molecule has 5 rings (SSSR count). The molecule has 3 aliphatic rings. The molecule has 2 N–H and O–H groups in total. The molecule has 1 spiro atoms. The van der Waals surface area contributed by atoms with Crippen LogP contribution in [0.5, 0.6) is 0 Å². The van der Waals surface area contributed by atoms with Gasteiger partial charge in [0.25, 0.3) is 0 Å². The van der Waals surface area contributed by atoms with E-state index in [1.165, 1.54) is 37.7 Å². The lowest BCUT2D eigenvalue weighted by Gasteiger charge is -2.38. The van der Waals surface area contributed by atoms with E-state index < -0.39 is 0 Å². The fourth-order valence-corrected chi connectivity index (χ4v) is 5.85. The van der Waals surface area contributed by atoms with Crippen molar-refractivity contribution in [2.75, 3.05) is 6.54 Å². The molecule has 32 heavy (non-hydrogen) atoms. The maximum absolute atomic E-state index is 6.29. The third-order valence-corrected chi connectivity index (χ3v) is 8.58. The van der Waals surface area contributed by atoms with Crippen molar-refractivity contribution in [2.45, 2.75) is 95.8 Å². The average molecular weight is 437 g/mol. The number of fused-ring (bicyclic) bond motifs is 2. The van der Waals surface area contributed by atoms with Crippen LogP contribution in [0.25, 0.3) is 0 Å². The first kappa shape index (κ1) is 22.0. The van der Waals surface area contributed by atoms with Gasteiger partial charge in [0.2, 0.25) is 0 Å². The molecular formula is C24H36BN5O2. The van der Waals surface area contributed by atoms with Crippen molar-refractivity contribution < 1.29 is 9.31 Å². The highest BCUT2D eigenvalue weighted by molar-refractivity contribution is 6.62. The minimum absolute atomic E-state index is 0.280. The quantitative estimate of drug-likeness (QED) is 0.724. The second-order valence-electron chi connectivity index (χ2n) is 11.0. The van der Waals surface area contributed by atoms with Crippen molar-refractivity contribution in [1.29, 1.82) is 0 Å². The van der Waals surface area contributed by atoms with Gasteiger partial charge in [-0.3, -0.25) is 0 Å². The number of rotatable bonds is 5. The number of aryl methyl sites for hydroxylation is 1. The Kier molecular flexibility index (Phi) is 5.46. The Labute approximate surface area is 191 Å². The lowest BCUT2D eigenvalue weighted by Crippen LogP contribution is -2.41. The van der Waals surface area contributed by atoms with E-state index in [9.17, 15) is 0 Å². The second-order valence-corrected chi connectivity index (χ2v) is 11.0. The zero-order valence-electron chi connectivity index (χ0n) is 19.9. The molecule has 2 fully saturated rings. The van der Waals surface area contributed by atoms with E-state index in [1.54, 1.807) is 5.56 Å².